The summed E-state index contributed by atoms with van der Waals surface area (Å²) >= 11 is 1.54. The molecule has 0 aliphatic carbocycles. The monoisotopic (exact) mass is 480 g/mol. The number of benzene rings is 2. The van der Waals surface area contributed by atoms with E-state index in [1.54, 1.807) is 30.3 Å². The average Bonchev–Trinajstić information content (AvgIpc) is 2.82. The molecule has 0 fully saturated rings. The van der Waals surface area contributed by atoms with Crippen LogP contribution in [0.2, 0.25) is 0 Å². The van der Waals surface area contributed by atoms with Gasteiger partial charge in [0.2, 0.25) is 0 Å². The molecule has 2 amide bonds. The number of nitrogens with zero attached hydrogens (tertiary/aromatic N) is 2. The molecule has 0 unspecified atom stereocenters. The van der Waals surface area contributed by atoms with Crippen LogP contribution in [0, 0.1) is 13.8 Å². The highest BCUT2D eigenvalue weighted by Gasteiger charge is 2.13. The van der Waals surface area contributed by atoms with E-state index in [9.17, 15) is 9.59 Å². The van der Waals surface area contributed by atoms with Gasteiger partial charge in [-0.05, 0) is 69.7 Å². The fraction of sp³-hybridized carbons (Fsp3) is 0.280. The summed E-state index contributed by atoms with van der Waals surface area (Å²) in [6.45, 7) is 8.53. The van der Waals surface area contributed by atoms with Gasteiger partial charge in [0.1, 0.15) is 0 Å². The molecule has 34 heavy (non-hydrogen) atoms. The Bertz CT molecular complexity index is 1130. The van der Waals surface area contributed by atoms with E-state index in [0.717, 1.165) is 22.1 Å². The molecule has 0 bridgehead atoms. The zero-order valence-electron chi connectivity index (χ0n) is 19.7. The first-order chi connectivity index (χ1) is 16.4. The summed E-state index contributed by atoms with van der Waals surface area (Å²) in [6.07, 6.45) is 0. The number of carbonyl (C=O) groups is 2. The number of amides is 2. The molecule has 2 aromatic carbocycles. The van der Waals surface area contributed by atoms with Crippen LogP contribution in [-0.2, 0) is 5.75 Å². The Hall–Kier alpha value is -3.59. The minimum atomic E-state index is -0.459. The molecular formula is C25H28N4O4S. The first kappa shape index (κ1) is 25.0. The summed E-state index contributed by atoms with van der Waals surface area (Å²) in [5, 5.41) is 0.726. The smallest absolute Gasteiger partial charge is 0.269 e. The van der Waals surface area contributed by atoms with E-state index < -0.39 is 11.8 Å². The molecule has 0 saturated carbocycles. The van der Waals surface area contributed by atoms with Gasteiger partial charge in [-0.25, -0.2) is 9.97 Å². The lowest BCUT2D eigenvalue weighted by Crippen LogP contribution is -2.41. The second kappa shape index (κ2) is 12.0. The SMILES string of the molecule is CCOc1ccc(C(=O)NNC(=O)c2ccc(CSc3nc(C)cc(C)n3)cc2)cc1OCC. The van der Waals surface area contributed by atoms with Crippen LogP contribution in [0.1, 0.15) is 51.5 Å². The van der Waals surface area contributed by atoms with Crippen molar-refractivity contribution in [2.75, 3.05) is 13.2 Å². The third-order valence-corrected chi connectivity index (χ3v) is 5.56. The van der Waals surface area contributed by atoms with E-state index in [1.807, 2.05) is 45.9 Å². The fourth-order valence-electron chi connectivity index (χ4n) is 3.11. The number of thioether (sulfide) groups is 1. The second-order valence-electron chi connectivity index (χ2n) is 7.35. The summed E-state index contributed by atoms with van der Waals surface area (Å²) in [5.74, 6) is 0.844. The molecule has 0 spiro atoms. The molecule has 0 saturated heterocycles. The van der Waals surface area contributed by atoms with Crippen LogP contribution in [0.15, 0.2) is 53.7 Å². The van der Waals surface area contributed by atoms with E-state index in [0.29, 0.717) is 41.6 Å². The van der Waals surface area contributed by atoms with E-state index >= 15 is 0 Å². The van der Waals surface area contributed by atoms with Gasteiger partial charge < -0.3 is 9.47 Å². The molecule has 0 aliphatic heterocycles. The molecule has 0 aliphatic rings. The van der Waals surface area contributed by atoms with Crippen molar-refractivity contribution in [3.8, 4) is 11.5 Å². The van der Waals surface area contributed by atoms with Crippen molar-refractivity contribution in [3.05, 3.63) is 76.6 Å². The van der Waals surface area contributed by atoms with Gasteiger partial charge in [-0.15, -0.1) is 0 Å². The van der Waals surface area contributed by atoms with Crippen LogP contribution >= 0.6 is 11.8 Å². The summed E-state index contributed by atoms with van der Waals surface area (Å²) < 4.78 is 11.1. The molecule has 8 nitrogen and oxygen atoms in total. The number of nitrogens with one attached hydrogen (secondary N) is 2. The Labute approximate surface area is 203 Å². The van der Waals surface area contributed by atoms with Gasteiger partial charge in [-0.3, -0.25) is 20.4 Å². The third kappa shape index (κ3) is 6.95. The highest BCUT2D eigenvalue weighted by atomic mass is 32.2. The summed E-state index contributed by atoms with van der Waals surface area (Å²) in [5.41, 5.74) is 8.55. The van der Waals surface area contributed by atoms with Crippen molar-refractivity contribution in [1.82, 2.24) is 20.8 Å². The highest BCUT2D eigenvalue weighted by Crippen LogP contribution is 2.28. The number of rotatable bonds is 9. The van der Waals surface area contributed by atoms with Crippen molar-refractivity contribution in [2.24, 2.45) is 0 Å². The molecule has 1 heterocycles. The van der Waals surface area contributed by atoms with Crippen LogP contribution in [0.5, 0.6) is 11.5 Å². The van der Waals surface area contributed by atoms with E-state index in [-0.39, 0.29) is 0 Å². The molecule has 0 atom stereocenters. The molecule has 178 valence electrons. The van der Waals surface area contributed by atoms with E-state index in [2.05, 4.69) is 20.8 Å². The van der Waals surface area contributed by atoms with Crippen LogP contribution < -0.4 is 20.3 Å². The number of ether oxygens (including phenoxy) is 2. The molecule has 9 heteroatoms. The van der Waals surface area contributed by atoms with Crippen molar-refractivity contribution in [3.63, 3.8) is 0 Å². The van der Waals surface area contributed by atoms with Crippen molar-refractivity contribution in [1.29, 1.82) is 0 Å². The van der Waals surface area contributed by atoms with Crippen molar-refractivity contribution >= 4 is 23.6 Å². The number of aromatic nitrogens is 2. The van der Waals surface area contributed by atoms with Crippen molar-refractivity contribution in [2.45, 2.75) is 38.6 Å². The topological polar surface area (TPSA) is 102 Å². The first-order valence-corrected chi connectivity index (χ1v) is 11.9. The lowest BCUT2D eigenvalue weighted by molar-refractivity contribution is 0.0846. The lowest BCUT2D eigenvalue weighted by Gasteiger charge is -2.13. The van der Waals surface area contributed by atoms with Gasteiger partial charge in [0, 0.05) is 28.3 Å². The maximum Gasteiger partial charge on any atom is 0.269 e. The molecule has 0 radical (unpaired) electrons. The highest BCUT2D eigenvalue weighted by molar-refractivity contribution is 7.98. The Morgan fingerprint density at radius 2 is 1.35 bits per heavy atom. The Morgan fingerprint density at radius 1 is 0.794 bits per heavy atom. The third-order valence-electron chi connectivity index (χ3n) is 4.64. The fourth-order valence-corrected chi connectivity index (χ4v) is 4.01. The zero-order chi connectivity index (χ0) is 24.5. The van der Waals surface area contributed by atoms with Gasteiger partial charge in [0.25, 0.3) is 11.8 Å². The molecule has 3 rings (SSSR count). The number of hydrogen-bond acceptors (Lipinski definition) is 7. The molecule has 1 aromatic heterocycles. The first-order valence-electron chi connectivity index (χ1n) is 10.9. The van der Waals surface area contributed by atoms with Crippen LogP contribution in [0.3, 0.4) is 0 Å². The van der Waals surface area contributed by atoms with Crippen molar-refractivity contribution < 1.29 is 19.1 Å². The summed E-state index contributed by atoms with van der Waals surface area (Å²) in [7, 11) is 0. The summed E-state index contributed by atoms with van der Waals surface area (Å²) in [6, 6.07) is 14.0. The number of hydrazine groups is 1. The van der Waals surface area contributed by atoms with E-state index in [4.69, 9.17) is 9.47 Å². The number of hydrogen-bond donors (Lipinski definition) is 2. The second-order valence-corrected chi connectivity index (χ2v) is 8.30. The largest absolute Gasteiger partial charge is 0.490 e. The van der Waals surface area contributed by atoms with Crippen LogP contribution in [0.4, 0.5) is 0 Å². The lowest BCUT2D eigenvalue weighted by atomic mass is 10.1. The van der Waals surface area contributed by atoms with Gasteiger partial charge in [0.05, 0.1) is 13.2 Å². The normalized spacial score (nSPS) is 10.5. The quantitative estimate of drug-likeness (QED) is 0.268. The minimum Gasteiger partial charge on any atom is -0.490 e. The van der Waals surface area contributed by atoms with E-state index in [1.165, 1.54) is 11.8 Å². The minimum absolute atomic E-state index is 0.341. The van der Waals surface area contributed by atoms with Gasteiger partial charge in [-0.1, -0.05) is 23.9 Å². The predicted molar refractivity (Wildman–Crippen MR) is 131 cm³/mol. The summed E-state index contributed by atoms with van der Waals surface area (Å²) in [4.78, 5) is 33.8. The van der Waals surface area contributed by atoms with Gasteiger partial charge in [0.15, 0.2) is 16.7 Å². The van der Waals surface area contributed by atoms with Crippen LogP contribution in [0.25, 0.3) is 0 Å². The van der Waals surface area contributed by atoms with Gasteiger partial charge >= 0.3 is 0 Å². The van der Waals surface area contributed by atoms with Gasteiger partial charge in [-0.2, -0.15) is 0 Å². The Balaban J connectivity index is 1.55. The Kier molecular flexibility index (Phi) is 8.86. The number of aryl methyl sites for hydroxylation is 2. The maximum absolute atomic E-state index is 12.5. The average molecular weight is 481 g/mol. The molecule has 3 aromatic rings. The van der Waals surface area contributed by atoms with Crippen LogP contribution in [-0.4, -0.2) is 35.0 Å². The standard InChI is InChI=1S/C25H28N4O4S/c1-5-32-21-12-11-20(14-22(21)33-6-2)24(31)29-28-23(30)19-9-7-18(8-10-19)15-34-25-26-16(3)13-17(4)27-25/h7-14H,5-6,15H2,1-4H3,(H,28,30)(H,29,31). The molecular weight excluding hydrogens is 452 g/mol. The maximum atomic E-state index is 12.5. The zero-order valence-corrected chi connectivity index (χ0v) is 20.5. The number of carbonyl (C=O) groups excluding carboxylic acids is 2. The Morgan fingerprint density at radius 3 is 1.97 bits per heavy atom. The molecule has 2 N–H and O–H groups in total. The predicted octanol–water partition coefficient (Wildman–Crippen LogP) is 4.26.